The molecule has 1 aromatic heterocycles. The van der Waals surface area contributed by atoms with Gasteiger partial charge in [0.1, 0.15) is 5.75 Å². The number of hydrogen-bond acceptors (Lipinski definition) is 7. The molecular formula is C20H18N4O4S. The molecule has 0 atom stereocenters. The number of aromatic nitrogens is 1. The molecule has 0 bridgehead atoms. The smallest absolute Gasteiger partial charge is 0.337 e. The van der Waals surface area contributed by atoms with E-state index in [9.17, 15) is 14.7 Å². The monoisotopic (exact) mass is 410 g/mol. The molecule has 0 aliphatic rings. The van der Waals surface area contributed by atoms with Crippen molar-refractivity contribution in [1.82, 2.24) is 4.68 Å². The van der Waals surface area contributed by atoms with Gasteiger partial charge in [-0.1, -0.05) is 12.1 Å². The Kier molecular flexibility index (Phi) is 5.89. The Morgan fingerprint density at radius 2 is 1.93 bits per heavy atom. The van der Waals surface area contributed by atoms with E-state index in [0.717, 1.165) is 5.56 Å². The number of ether oxygens (including phenoxy) is 1. The number of thiazole rings is 1. The molecule has 8 nitrogen and oxygen atoms in total. The van der Waals surface area contributed by atoms with Gasteiger partial charge in [-0.15, -0.1) is 11.3 Å². The molecule has 0 aliphatic heterocycles. The van der Waals surface area contributed by atoms with Crippen molar-refractivity contribution < 1.29 is 19.4 Å². The first-order chi connectivity index (χ1) is 13.9. The van der Waals surface area contributed by atoms with Gasteiger partial charge in [0.15, 0.2) is 0 Å². The maximum atomic E-state index is 11.5. The number of amides is 1. The van der Waals surface area contributed by atoms with Gasteiger partial charge in [0.05, 0.1) is 30.1 Å². The van der Waals surface area contributed by atoms with E-state index < -0.39 is 11.9 Å². The number of aromatic hydroxyl groups is 1. The van der Waals surface area contributed by atoms with Crippen LogP contribution in [0.3, 0.4) is 0 Å². The van der Waals surface area contributed by atoms with Crippen LogP contribution in [-0.2, 0) is 4.74 Å². The molecule has 3 N–H and O–H groups in total. The second-order valence-corrected chi connectivity index (χ2v) is 6.73. The largest absolute Gasteiger partial charge is 0.507 e. The van der Waals surface area contributed by atoms with Gasteiger partial charge in [-0.05, 0) is 35.9 Å². The van der Waals surface area contributed by atoms with Crippen LogP contribution in [0.15, 0.2) is 57.9 Å². The molecule has 1 heterocycles. The normalized spacial score (nSPS) is 11.7. The second kappa shape index (κ2) is 8.53. The van der Waals surface area contributed by atoms with E-state index in [0.29, 0.717) is 21.6 Å². The molecule has 1 amide bonds. The second-order valence-electron chi connectivity index (χ2n) is 5.89. The summed E-state index contributed by atoms with van der Waals surface area (Å²) in [6, 6.07) is 11.4. The molecule has 148 valence electrons. The van der Waals surface area contributed by atoms with Crippen LogP contribution in [0.5, 0.6) is 5.75 Å². The third-order valence-electron chi connectivity index (χ3n) is 4.09. The Morgan fingerprint density at radius 3 is 2.55 bits per heavy atom. The number of benzene rings is 2. The Morgan fingerprint density at radius 1 is 1.21 bits per heavy atom. The lowest BCUT2D eigenvalue weighted by Gasteiger charge is -2.06. The molecular weight excluding hydrogens is 392 g/mol. The van der Waals surface area contributed by atoms with Crippen molar-refractivity contribution in [3.05, 3.63) is 69.3 Å². The highest BCUT2D eigenvalue weighted by molar-refractivity contribution is 7.07. The van der Waals surface area contributed by atoms with E-state index in [1.807, 2.05) is 5.38 Å². The highest BCUT2D eigenvalue weighted by atomic mass is 32.1. The number of primary amides is 1. The summed E-state index contributed by atoms with van der Waals surface area (Å²) in [6.07, 6.45) is 1.63. The van der Waals surface area contributed by atoms with E-state index in [1.165, 1.54) is 30.6 Å². The fourth-order valence-corrected chi connectivity index (χ4v) is 3.40. The Balaban J connectivity index is 2.00. The number of phenols is 1. The molecule has 2 aromatic carbocycles. The Bertz CT molecular complexity index is 1160. The zero-order valence-electron chi connectivity index (χ0n) is 15.7. The van der Waals surface area contributed by atoms with Gasteiger partial charge in [0, 0.05) is 18.0 Å². The molecule has 29 heavy (non-hydrogen) atoms. The highest BCUT2D eigenvalue weighted by Gasteiger charge is 2.13. The fourth-order valence-electron chi connectivity index (χ4n) is 2.60. The average Bonchev–Trinajstić information content (AvgIpc) is 3.15. The first kappa shape index (κ1) is 20.0. The Hall–Kier alpha value is -3.72. The van der Waals surface area contributed by atoms with Gasteiger partial charge in [-0.3, -0.25) is 9.79 Å². The molecule has 0 fully saturated rings. The maximum absolute atomic E-state index is 11.5. The third kappa shape index (κ3) is 4.25. The maximum Gasteiger partial charge on any atom is 0.337 e. The van der Waals surface area contributed by atoms with Crippen molar-refractivity contribution in [3.63, 3.8) is 0 Å². The third-order valence-corrected chi connectivity index (χ3v) is 5.00. The van der Waals surface area contributed by atoms with Crippen LogP contribution in [-0.4, -0.2) is 42.0 Å². The minimum atomic E-state index is -0.722. The van der Waals surface area contributed by atoms with Crippen LogP contribution in [0.1, 0.15) is 26.3 Å². The molecule has 0 radical (unpaired) electrons. The summed E-state index contributed by atoms with van der Waals surface area (Å²) in [5.41, 5.74) is 7.90. The first-order valence-electron chi connectivity index (χ1n) is 8.44. The number of carbonyl (C=O) groups excluding carboxylic acids is 2. The highest BCUT2D eigenvalue weighted by Crippen LogP contribution is 2.26. The van der Waals surface area contributed by atoms with Gasteiger partial charge in [0.2, 0.25) is 4.80 Å². The number of carbonyl (C=O) groups is 2. The molecule has 3 aromatic rings. The molecule has 0 unspecified atom stereocenters. The molecule has 0 saturated heterocycles. The van der Waals surface area contributed by atoms with Crippen LogP contribution in [0.4, 0.5) is 0 Å². The lowest BCUT2D eigenvalue weighted by Crippen LogP contribution is -2.13. The quantitative estimate of drug-likeness (QED) is 0.495. The predicted molar refractivity (Wildman–Crippen MR) is 110 cm³/mol. The zero-order chi connectivity index (χ0) is 21.0. The van der Waals surface area contributed by atoms with Crippen molar-refractivity contribution in [3.8, 4) is 17.0 Å². The van der Waals surface area contributed by atoms with Crippen LogP contribution >= 0.6 is 11.3 Å². The molecule has 0 saturated carbocycles. The standard InChI is InChI=1S/C20H18N4O4S/c1-22-20-24(23-10-12-3-5-13(6-4-12)19(27)28-2)16(11-29-20)14-7-8-17(25)15(9-14)18(21)26/h3-11,25H,1-2H3,(H2,21,26)/b22-20?,23-10+. The van der Waals surface area contributed by atoms with E-state index in [4.69, 9.17) is 5.73 Å². The minimum absolute atomic E-state index is 0.0256. The van der Waals surface area contributed by atoms with E-state index >= 15 is 0 Å². The molecule has 3 rings (SSSR count). The first-order valence-corrected chi connectivity index (χ1v) is 9.32. The fraction of sp³-hybridized carbons (Fsp3) is 0.100. The van der Waals surface area contributed by atoms with Crippen molar-refractivity contribution in [2.24, 2.45) is 15.8 Å². The van der Waals surface area contributed by atoms with Gasteiger partial charge in [-0.25, -0.2) is 9.47 Å². The number of rotatable bonds is 5. The van der Waals surface area contributed by atoms with Gasteiger partial charge < -0.3 is 15.6 Å². The number of methoxy groups -OCH3 is 1. The van der Waals surface area contributed by atoms with Crippen molar-refractivity contribution >= 4 is 29.4 Å². The number of hydrogen-bond donors (Lipinski definition) is 2. The number of esters is 1. The number of nitrogens with two attached hydrogens (primary N) is 1. The molecule has 0 aliphatic carbocycles. The van der Waals surface area contributed by atoms with Gasteiger partial charge in [-0.2, -0.15) is 5.10 Å². The van der Waals surface area contributed by atoms with Crippen LogP contribution in [0.25, 0.3) is 11.3 Å². The van der Waals surface area contributed by atoms with Crippen molar-refractivity contribution in [2.75, 3.05) is 14.2 Å². The van der Waals surface area contributed by atoms with E-state index in [-0.39, 0.29) is 11.3 Å². The average molecular weight is 410 g/mol. The lowest BCUT2D eigenvalue weighted by atomic mass is 10.1. The summed E-state index contributed by atoms with van der Waals surface area (Å²) in [7, 11) is 2.98. The molecule has 0 spiro atoms. The topological polar surface area (TPSA) is 119 Å². The van der Waals surface area contributed by atoms with Crippen molar-refractivity contribution in [2.45, 2.75) is 0 Å². The van der Waals surface area contributed by atoms with Gasteiger partial charge in [0.25, 0.3) is 5.91 Å². The van der Waals surface area contributed by atoms with E-state index in [1.54, 1.807) is 48.3 Å². The summed E-state index contributed by atoms with van der Waals surface area (Å²) in [6.45, 7) is 0. The minimum Gasteiger partial charge on any atom is -0.507 e. The summed E-state index contributed by atoms with van der Waals surface area (Å²) in [4.78, 5) is 27.9. The predicted octanol–water partition coefficient (Wildman–Crippen LogP) is 2.22. The summed E-state index contributed by atoms with van der Waals surface area (Å²) >= 11 is 1.38. The van der Waals surface area contributed by atoms with Crippen molar-refractivity contribution in [1.29, 1.82) is 0 Å². The SMILES string of the molecule is CN=c1scc(-c2ccc(O)c(C(N)=O)c2)n1/N=C/c1ccc(C(=O)OC)cc1. The van der Waals surface area contributed by atoms with Crippen LogP contribution in [0.2, 0.25) is 0 Å². The Labute approximate surface area is 170 Å². The summed E-state index contributed by atoms with van der Waals surface area (Å²) in [5.74, 6) is -1.31. The summed E-state index contributed by atoms with van der Waals surface area (Å²) < 4.78 is 6.31. The van der Waals surface area contributed by atoms with E-state index in [2.05, 4.69) is 14.8 Å². The number of nitrogens with zero attached hydrogens (tertiary/aromatic N) is 3. The molecule has 9 heteroatoms. The van der Waals surface area contributed by atoms with Crippen LogP contribution in [0, 0.1) is 0 Å². The lowest BCUT2D eigenvalue weighted by molar-refractivity contribution is 0.0600. The van der Waals surface area contributed by atoms with Crippen LogP contribution < -0.4 is 10.5 Å². The van der Waals surface area contributed by atoms with Gasteiger partial charge >= 0.3 is 5.97 Å². The zero-order valence-corrected chi connectivity index (χ0v) is 16.5. The summed E-state index contributed by atoms with van der Waals surface area (Å²) in [5, 5.41) is 16.2.